The number of nitrogens with one attached hydrogen (secondary N) is 2. The van der Waals surface area contributed by atoms with Crippen LogP contribution < -0.4 is 10.6 Å². The molecule has 4 heteroatoms. The first-order valence-corrected chi connectivity index (χ1v) is 6.88. The number of aromatic nitrogens is 2. The van der Waals surface area contributed by atoms with E-state index in [2.05, 4.69) is 48.3 Å². The Morgan fingerprint density at radius 1 is 1.22 bits per heavy atom. The molecule has 1 aromatic heterocycles. The second-order valence-corrected chi connectivity index (χ2v) is 5.83. The highest BCUT2D eigenvalue weighted by molar-refractivity contribution is 5.59. The maximum atomic E-state index is 4.41. The minimum atomic E-state index is 0.412. The lowest BCUT2D eigenvalue weighted by Crippen LogP contribution is -2.16. The van der Waals surface area contributed by atoms with E-state index in [9.17, 15) is 0 Å². The molecule has 0 atom stereocenters. The van der Waals surface area contributed by atoms with Crippen molar-refractivity contribution in [3.63, 3.8) is 0 Å². The predicted molar refractivity (Wildman–Crippen MR) is 76.1 cm³/mol. The smallest absolute Gasteiger partial charge is 0.135 e. The first kappa shape index (κ1) is 13.1. The molecule has 0 bridgehead atoms. The first-order chi connectivity index (χ1) is 8.56. The van der Waals surface area contributed by atoms with Crippen LogP contribution in [0.3, 0.4) is 0 Å². The van der Waals surface area contributed by atoms with E-state index in [1.807, 2.05) is 0 Å². The Labute approximate surface area is 110 Å². The lowest BCUT2D eigenvalue weighted by atomic mass is 10.0. The molecule has 0 radical (unpaired) electrons. The lowest BCUT2D eigenvalue weighted by molar-refractivity contribution is 0.608. The van der Waals surface area contributed by atoms with Crippen molar-refractivity contribution < 1.29 is 0 Å². The van der Waals surface area contributed by atoms with Crippen molar-refractivity contribution in [3.8, 4) is 0 Å². The van der Waals surface area contributed by atoms with Gasteiger partial charge in [-0.3, -0.25) is 0 Å². The van der Waals surface area contributed by atoms with Gasteiger partial charge in [0, 0.05) is 18.7 Å². The zero-order chi connectivity index (χ0) is 13.2. The largest absolute Gasteiger partial charge is 0.370 e. The molecule has 1 saturated carbocycles. The van der Waals surface area contributed by atoms with Gasteiger partial charge in [0.2, 0.25) is 0 Å². The molecule has 2 rings (SSSR count). The second-order valence-electron chi connectivity index (χ2n) is 5.83. The molecule has 0 saturated heterocycles. The summed E-state index contributed by atoms with van der Waals surface area (Å²) in [6.45, 7) is 10.7. The van der Waals surface area contributed by atoms with Crippen LogP contribution in [0.5, 0.6) is 0 Å². The molecular weight excluding hydrogens is 224 g/mol. The molecule has 0 aromatic carbocycles. The Kier molecular flexibility index (Phi) is 3.73. The molecule has 0 amide bonds. The van der Waals surface area contributed by atoms with Crippen molar-refractivity contribution >= 4 is 11.6 Å². The topological polar surface area (TPSA) is 49.8 Å². The third-order valence-corrected chi connectivity index (χ3v) is 3.59. The van der Waals surface area contributed by atoms with Crippen molar-refractivity contribution in [1.29, 1.82) is 0 Å². The Morgan fingerprint density at radius 3 is 2.33 bits per heavy atom. The number of anilines is 2. The van der Waals surface area contributed by atoms with E-state index in [4.69, 9.17) is 0 Å². The Hall–Kier alpha value is -1.32. The number of hydrogen-bond donors (Lipinski definition) is 2. The minimum absolute atomic E-state index is 0.412. The van der Waals surface area contributed by atoms with Crippen molar-refractivity contribution in [2.45, 2.75) is 46.5 Å². The highest BCUT2D eigenvalue weighted by Gasteiger charge is 2.37. The maximum absolute atomic E-state index is 4.41. The third kappa shape index (κ3) is 2.92. The zero-order valence-corrected chi connectivity index (χ0v) is 11.9. The molecule has 1 fully saturated rings. The van der Waals surface area contributed by atoms with Crippen LogP contribution in [-0.2, 0) is 0 Å². The summed E-state index contributed by atoms with van der Waals surface area (Å²) in [6.07, 6.45) is 4.28. The summed E-state index contributed by atoms with van der Waals surface area (Å²) in [5, 5.41) is 6.82. The summed E-state index contributed by atoms with van der Waals surface area (Å²) in [5.74, 6) is 2.37. The molecule has 0 aliphatic heterocycles. The van der Waals surface area contributed by atoms with E-state index >= 15 is 0 Å². The van der Waals surface area contributed by atoms with Crippen LogP contribution in [0.1, 0.15) is 52.0 Å². The summed E-state index contributed by atoms with van der Waals surface area (Å²) in [6, 6.07) is 0. The maximum Gasteiger partial charge on any atom is 0.135 e. The van der Waals surface area contributed by atoms with Crippen molar-refractivity contribution in [2.75, 3.05) is 23.7 Å². The Morgan fingerprint density at radius 2 is 1.83 bits per heavy atom. The van der Waals surface area contributed by atoms with Gasteiger partial charge in [-0.05, 0) is 31.1 Å². The van der Waals surface area contributed by atoms with Gasteiger partial charge in [0.25, 0.3) is 0 Å². The fourth-order valence-corrected chi connectivity index (χ4v) is 2.08. The summed E-state index contributed by atoms with van der Waals surface area (Å²) in [7, 11) is 0. The summed E-state index contributed by atoms with van der Waals surface area (Å²) in [5.41, 5.74) is 1.68. The van der Waals surface area contributed by atoms with Crippen LogP contribution in [0, 0.1) is 5.41 Å². The van der Waals surface area contributed by atoms with Gasteiger partial charge in [0.1, 0.15) is 18.0 Å². The van der Waals surface area contributed by atoms with Crippen LogP contribution >= 0.6 is 0 Å². The fraction of sp³-hybridized carbons (Fsp3) is 0.714. The molecule has 1 aliphatic carbocycles. The summed E-state index contributed by atoms with van der Waals surface area (Å²) < 4.78 is 0. The number of rotatable bonds is 6. The monoisotopic (exact) mass is 248 g/mol. The van der Waals surface area contributed by atoms with Crippen LogP contribution in [0.4, 0.5) is 11.6 Å². The molecule has 1 heterocycles. The van der Waals surface area contributed by atoms with Gasteiger partial charge in [0.05, 0.1) is 0 Å². The molecule has 1 aliphatic rings. The standard InChI is InChI=1S/C14H24N4/c1-5-15-12-11(10(2)3)13(18-9-17-12)16-8-14(4)6-7-14/h9-10H,5-8H2,1-4H3,(H2,15,16,17,18). The van der Waals surface area contributed by atoms with Crippen molar-refractivity contribution in [3.05, 3.63) is 11.9 Å². The van der Waals surface area contributed by atoms with Crippen molar-refractivity contribution in [2.24, 2.45) is 5.41 Å². The zero-order valence-electron chi connectivity index (χ0n) is 11.9. The molecule has 18 heavy (non-hydrogen) atoms. The van der Waals surface area contributed by atoms with Gasteiger partial charge in [-0.25, -0.2) is 9.97 Å². The molecule has 4 nitrogen and oxygen atoms in total. The van der Waals surface area contributed by atoms with Gasteiger partial charge in [-0.1, -0.05) is 20.8 Å². The first-order valence-electron chi connectivity index (χ1n) is 6.88. The van der Waals surface area contributed by atoms with E-state index < -0.39 is 0 Å². The van der Waals surface area contributed by atoms with E-state index in [0.717, 1.165) is 24.7 Å². The SMILES string of the molecule is CCNc1ncnc(NCC2(C)CC2)c1C(C)C. The Bertz CT molecular complexity index is 410. The quantitative estimate of drug-likeness (QED) is 0.811. The second kappa shape index (κ2) is 5.12. The molecule has 2 N–H and O–H groups in total. The van der Waals surface area contributed by atoms with Crippen LogP contribution in [0.15, 0.2) is 6.33 Å². The normalized spacial score (nSPS) is 16.7. The summed E-state index contributed by atoms with van der Waals surface area (Å²) in [4.78, 5) is 8.76. The van der Waals surface area contributed by atoms with Crippen molar-refractivity contribution in [1.82, 2.24) is 9.97 Å². The molecule has 1 aromatic rings. The lowest BCUT2D eigenvalue weighted by Gasteiger charge is -2.18. The molecule has 100 valence electrons. The van der Waals surface area contributed by atoms with Crippen LogP contribution in [0.2, 0.25) is 0 Å². The van der Waals surface area contributed by atoms with Gasteiger partial charge < -0.3 is 10.6 Å². The number of hydrogen-bond acceptors (Lipinski definition) is 4. The highest BCUT2D eigenvalue weighted by Crippen LogP contribution is 2.45. The molecule has 0 unspecified atom stereocenters. The van der Waals surface area contributed by atoms with Crippen LogP contribution in [0.25, 0.3) is 0 Å². The summed E-state index contributed by atoms with van der Waals surface area (Å²) >= 11 is 0. The molecule has 0 spiro atoms. The van der Waals surface area contributed by atoms with E-state index in [0.29, 0.717) is 11.3 Å². The van der Waals surface area contributed by atoms with Gasteiger partial charge in [-0.15, -0.1) is 0 Å². The fourth-order valence-electron chi connectivity index (χ4n) is 2.08. The predicted octanol–water partition coefficient (Wildman–Crippen LogP) is 3.24. The van der Waals surface area contributed by atoms with Gasteiger partial charge >= 0.3 is 0 Å². The molecular formula is C14H24N4. The minimum Gasteiger partial charge on any atom is -0.370 e. The average molecular weight is 248 g/mol. The van der Waals surface area contributed by atoms with Gasteiger partial charge in [-0.2, -0.15) is 0 Å². The van der Waals surface area contributed by atoms with E-state index in [-0.39, 0.29) is 0 Å². The van der Waals surface area contributed by atoms with Gasteiger partial charge in [0.15, 0.2) is 0 Å². The van der Waals surface area contributed by atoms with Crippen LogP contribution in [-0.4, -0.2) is 23.1 Å². The highest BCUT2D eigenvalue weighted by atomic mass is 15.1. The third-order valence-electron chi connectivity index (χ3n) is 3.59. The van der Waals surface area contributed by atoms with E-state index in [1.165, 1.54) is 18.4 Å². The average Bonchev–Trinajstić information content (AvgIpc) is 3.05. The number of nitrogens with zero attached hydrogens (tertiary/aromatic N) is 2. The van der Waals surface area contributed by atoms with E-state index in [1.54, 1.807) is 6.33 Å². The Balaban J connectivity index is 2.18.